The van der Waals surface area contributed by atoms with Gasteiger partial charge in [-0.1, -0.05) is 58.1 Å². The molecule has 2 atom stereocenters. The van der Waals surface area contributed by atoms with Crippen molar-refractivity contribution in [3.63, 3.8) is 0 Å². The van der Waals surface area contributed by atoms with Gasteiger partial charge in [-0.3, -0.25) is 0 Å². The van der Waals surface area contributed by atoms with E-state index in [-0.39, 0.29) is 11.1 Å². The lowest BCUT2D eigenvalue weighted by molar-refractivity contribution is 0.148. The Labute approximate surface area is 121 Å². The second-order valence-corrected chi connectivity index (χ2v) is 11.5. The summed E-state index contributed by atoms with van der Waals surface area (Å²) in [7, 11) is -1.72. The highest BCUT2D eigenvalue weighted by Crippen LogP contribution is 2.38. The van der Waals surface area contributed by atoms with E-state index in [0.717, 1.165) is 6.42 Å². The minimum absolute atomic E-state index is 0.236. The lowest BCUT2D eigenvalue weighted by Gasteiger charge is -2.40. The van der Waals surface area contributed by atoms with Gasteiger partial charge in [0.15, 0.2) is 8.32 Å². The van der Waals surface area contributed by atoms with E-state index < -0.39 is 8.32 Å². The second-order valence-electron chi connectivity index (χ2n) is 6.70. The van der Waals surface area contributed by atoms with Crippen LogP contribution in [0.3, 0.4) is 0 Å². The molecule has 110 valence electrons. The van der Waals surface area contributed by atoms with Crippen LogP contribution in [0.15, 0.2) is 37.0 Å². The molecule has 0 aliphatic carbocycles. The van der Waals surface area contributed by atoms with Crippen LogP contribution >= 0.6 is 0 Å². The van der Waals surface area contributed by atoms with Crippen LogP contribution in [0.5, 0.6) is 0 Å². The van der Waals surface area contributed by atoms with E-state index in [0.29, 0.717) is 5.92 Å². The van der Waals surface area contributed by atoms with Crippen LogP contribution in [-0.2, 0) is 4.43 Å². The highest BCUT2D eigenvalue weighted by molar-refractivity contribution is 6.74. The van der Waals surface area contributed by atoms with Gasteiger partial charge in [0, 0.05) is 0 Å². The predicted octanol–water partition coefficient (Wildman–Crippen LogP) is 5.72. The molecule has 0 aromatic carbocycles. The first-order valence-corrected chi connectivity index (χ1v) is 10.1. The lowest BCUT2D eigenvalue weighted by Crippen LogP contribution is -2.45. The number of allylic oxidation sites excluding steroid dienone is 3. The molecule has 0 saturated carbocycles. The average Bonchev–Trinajstić information content (AvgIpc) is 2.30. The molecule has 0 saturated heterocycles. The summed E-state index contributed by atoms with van der Waals surface area (Å²) < 4.78 is 6.53. The lowest BCUT2D eigenvalue weighted by atomic mass is 10.0. The molecule has 2 heteroatoms. The number of hydrogen-bond donors (Lipinski definition) is 0. The molecule has 0 spiro atoms. The molecule has 0 fully saturated rings. The molecular formula is C17H32OSi. The summed E-state index contributed by atoms with van der Waals surface area (Å²) in [6.45, 7) is 19.6. The van der Waals surface area contributed by atoms with Gasteiger partial charge in [-0.05, 0) is 37.4 Å². The standard InChI is InChI=1S/C17H32OSi/c1-9-11-12-13-14-16(15(3)10-2)18-19(7,8)17(4,5)6/h9-13,15-16H,2,14H2,1,3-8H3/b11-9+,13-12-/t15-,16+/m0/s1. The van der Waals surface area contributed by atoms with Crippen LogP contribution in [0.1, 0.15) is 41.0 Å². The molecule has 0 aromatic heterocycles. The topological polar surface area (TPSA) is 9.23 Å². The van der Waals surface area contributed by atoms with Crippen LogP contribution in [0, 0.1) is 5.92 Å². The van der Waals surface area contributed by atoms with Crippen molar-refractivity contribution in [2.24, 2.45) is 5.92 Å². The normalized spacial score (nSPS) is 17.0. The zero-order valence-electron chi connectivity index (χ0n) is 13.9. The molecule has 0 N–H and O–H groups in total. The fraction of sp³-hybridized carbons (Fsp3) is 0.647. The van der Waals surface area contributed by atoms with Gasteiger partial charge in [0.1, 0.15) is 0 Å². The summed E-state index contributed by atoms with van der Waals surface area (Å²) in [5, 5.41) is 0.249. The van der Waals surface area contributed by atoms with E-state index in [1.165, 1.54) is 0 Å². The molecule has 19 heavy (non-hydrogen) atoms. The van der Waals surface area contributed by atoms with Gasteiger partial charge in [0.25, 0.3) is 0 Å². The smallest absolute Gasteiger partial charge is 0.192 e. The molecule has 0 radical (unpaired) electrons. The maximum absolute atomic E-state index is 6.53. The largest absolute Gasteiger partial charge is 0.413 e. The van der Waals surface area contributed by atoms with Gasteiger partial charge in [-0.2, -0.15) is 0 Å². The van der Waals surface area contributed by atoms with E-state index in [9.17, 15) is 0 Å². The van der Waals surface area contributed by atoms with Crippen LogP contribution in [-0.4, -0.2) is 14.4 Å². The Hall–Kier alpha value is -0.603. The van der Waals surface area contributed by atoms with Crippen LogP contribution < -0.4 is 0 Å². The zero-order valence-corrected chi connectivity index (χ0v) is 14.9. The monoisotopic (exact) mass is 280 g/mol. The minimum Gasteiger partial charge on any atom is -0.413 e. The Kier molecular flexibility index (Phi) is 7.61. The Morgan fingerprint density at radius 3 is 2.21 bits per heavy atom. The average molecular weight is 281 g/mol. The van der Waals surface area contributed by atoms with E-state index >= 15 is 0 Å². The van der Waals surface area contributed by atoms with E-state index in [1.807, 2.05) is 19.1 Å². The van der Waals surface area contributed by atoms with Crippen LogP contribution in [0.4, 0.5) is 0 Å². The number of rotatable bonds is 7. The number of hydrogen-bond acceptors (Lipinski definition) is 1. The Morgan fingerprint density at radius 2 is 1.79 bits per heavy atom. The third kappa shape index (κ3) is 6.39. The van der Waals surface area contributed by atoms with Crippen molar-refractivity contribution in [1.29, 1.82) is 0 Å². The van der Waals surface area contributed by atoms with E-state index in [4.69, 9.17) is 4.43 Å². The van der Waals surface area contributed by atoms with Crippen molar-refractivity contribution in [3.05, 3.63) is 37.0 Å². The summed E-state index contributed by atoms with van der Waals surface area (Å²) >= 11 is 0. The first-order chi connectivity index (χ1) is 8.65. The van der Waals surface area contributed by atoms with Gasteiger partial charge in [-0.25, -0.2) is 0 Å². The zero-order chi connectivity index (χ0) is 15.1. The molecule has 0 amide bonds. The Balaban J connectivity index is 4.83. The van der Waals surface area contributed by atoms with E-state index in [1.54, 1.807) is 0 Å². The first-order valence-electron chi connectivity index (χ1n) is 7.24. The van der Waals surface area contributed by atoms with Crippen LogP contribution in [0.2, 0.25) is 18.1 Å². The maximum atomic E-state index is 6.53. The predicted molar refractivity (Wildman–Crippen MR) is 90.0 cm³/mol. The fourth-order valence-electron chi connectivity index (χ4n) is 1.48. The fourth-order valence-corrected chi connectivity index (χ4v) is 2.90. The van der Waals surface area contributed by atoms with Crippen molar-refractivity contribution in [1.82, 2.24) is 0 Å². The summed E-state index contributed by atoms with van der Waals surface area (Å²) in [5.41, 5.74) is 0. The van der Waals surface area contributed by atoms with Gasteiger partial charge in [0.2, 0.25) is 0 Å². The molecule has 0 bridgehead atoms. The molecule has 0 aliphatic rings. The molecule has 0 aromatic rings. The van der Waals surface area contributed by atoms with Crippen molar-refractivity contribution in [2.45, 2.75) is 65.3 Å². The van der Waals surface area contributed by atoms with Crippen molar-refractivity contribution in [2.75, 3.05) is 0 Å². The maximum Gasteiger partial charge on any atom is 0.192 e. The van der Waals surface area contributed by atoms with Gasteiger partial charge >= 0.3 is 0 Å². The summed E-state index contributed by atoms with van der Waals surface area (Å²) in [5.74, 6) is 0.379. The summed E-state index contributed by atoms with van der Waals surface area (Å²) in [6, 6.07) is 0. The van der Waals surface area contributed by atoms with Crippen molar-refractivity contribution >= 4 is 8.32 Å². The third-order valence-corrected chi connectivity index (χ3v) is 8.52. The van der Waals surface area contributed by atoms with Crippen LogP contribution in [0.25, 0.3) is 0 Å². The Bertz CT molecular complexity index is 321. The Morgan fingerprint density at radius 1 is 1.21 bits per heavy atom. The van der Waals surface area contributed by atoms with Gasteiger partial charge in [0.05, 0.1) is 6.10 Å². The third-order valence-electron chi connectivity index (χ3n) is 4.02. The SMILES string of the molecule is C=C[C@H](C)[C@@H](C/C=C\C=C\C)O[Si](C)(C)C(C)(C)C. The highest BCUT2D eigenvalue weighted by Gasteiger charge is 2.39. The van der Waals surface area contributed by atoms with E-state index in [2.05, 4.69) is 65.6 Å². The quantitative estimate of drug-likeness (QED) is 0.329. The van der Waals surface area contributed by atoms with Gasteiger partial charge < -0.3 is 4.43 Å². The molecule has 1 nitrogen and oxygen atoms in total. The molecule has 0 heterocycles. The molecule has 0 unspecified atom stereocenters. The minimum atomic E-state index is -1.72. The molecule has 0 aliphatic heterocycles. The summed E-state index contributed by atoms with van der Waals surface area (Å²) in [4.78, 5) is 0. The van der Waals surface area contributed by atoms with Crippen molar-refractivity contribution < 1.29 is 4.43 Å². The molecule has 0 rings (SSSR count). The summed E-state index contributed by atoms with van der Waals surface area (Å²) in [6.07, 6.45) is 11.6. The highest BCUT2D eigenvalue weighted by atomic mass is 28.4. The molecular weight excluding hydrogens is 248 g/mol. The second kappa shape index (κ2) is 7.86. The van der Waals surface area contributed by atoms with Crippen molar-refractivity contribution in [3.8, 4) is 0 Å². The van der Waals surface area contributed by atoms with Gasteiger partial charge in [-0.15, -0.1) is 6.58 Å². The first kappa shape index (κ1) is 18.4.